The van der Waals surface area contributed by atoms with Gasteiger partial charge in [0.05, 0.1) is 35.0 Å². The third-order valence-corrected chi connectivity index (χ3v) is 5.66. The number of nitrogens with zero attached hydrogens (tertiary/aromatic N) is 6. The van der Waals surface area contributed by atoms with Crippen molar-refractivity contribution in [3.05, 3.63) is 91.8 Å². The lowest BCUT2D eigenvalue weighted by Gasteiger charge is -2.21. The van der Waals surface area contributed by atoms with Gasteiger partial charge in [-0.3, -0.25) is 14.5 Å². The molecule has 0 radical (unpaired) electrons. The number of pyridine rings is 3. The molecule has 0 bridgehead atoms. The van der Waals surface area contributed by atoms with Crippen molar-refractivity contribution < 1.29 is 17.7 Å². The summed E-state index contributed by atoms with van der Waals surface area (Å²) in [6, 6.07) is 16.7. The minimum atomic E-state index is -4.62. The standard InChI is InChI=1S/C23H16N6O4S/c30-34(31,32)29(17-5-2-1-3-6-17)18-11-16(12-25-13-18)20-8-9-21-22(28-20)23(27-15-26-21)33-19-7-4-10-24-14-19/h1-15H,(H,30,31,32). The molecule has 168 valence electrons. The number of rotatable bonds is 6. The van der Waals surface area contributed by atoms with E-state index in [2.05, 4.69) is 24.9 Å². The van der Waals surface area contributed by atoms with Crippen LogP contribution in [-0.4, -0.2) is 37.9 Å². The van der Waals surface area contributed by atoms with Crippen LogP contribution in [0.2, 0.25) is 0 Å². The second-order valence-corrected chi connectivity index (χ2v) is 8.30. The molecule has 0 amide bonds. The van der Waals surface area contributed by atoms with Crippen molar-refractivity contribution >= 4 is 32.7 Å². The van der Waals surface area contributed by atoms with E-state index < -0.39 is 10.3 Å². The third-order valence-electron chi connectivity index (χ3n) is 4.77. The maximum Gasteiger partial charge on any atom is 0.364 e. The Labute approximate surface area is 194 Å². The van der Waals surface area contributed by atoms with E-state index in [1.807, 2.05) is 0 Å². The second kappa shape index (κ2) is 8.81. The second-order valence-electron chi connectivity index (χ2n) is 7.04. The average Bonchev–Trinajstić information content (AvgIpc) is 2.85. The number of anilines is 2. The molecule has 5 rings (SSSR count). The van der Waals surface area contributed by atoms with E-state index >= 15 is 0 Å². The smallest absolute Gasteiger partial charge is 0.364 e. The number of para-hydroxylation sites is 1. The van der Waals surface area contributed by atoms with Gasteiger partial charge in [0.1, 0.15) is 12.1 Å². The van der Waals surface area contributed by atoms with Crippen LogP contribution in [0.5, 0.6) is 11.6 Å². The van der Waals surface area contributed by atoms with Crippen molar-refractivity contribution in [2.75, 3.05) is 4.31 Å². The molecule has 0 atom stereocenters. The summed E-state index contributed by atoms with van der Waals surface area (Å²) in [5, 5.41) is 0. The number of hydrogen-bond donors (Lipinski definition) is 1. The number of aromatic nitrogens is 5. The normalized spacial score (nSPS) is 11.3. The molecule has 4 heterocycles. The lowest BCUT2D eigenvalue weighted by atomic mass is 10.1. The minimum Gasteiger partial charge on any atom is -0.435 e. The van der Waals surface area contributed by atoms with E-state index in [-0.39, 0.29) is 17.3 Å². The largest absolute Gasteiger partial charge is 0.435 e. The molecule has 10 nitrogen and oxygen atoms in total. The van der Waals surface area contributed by atoms with Crippen LogP contribution < -0.4 is 9.04 Å². The quantitative estimate of drug-likeness (QED) is 0.361. The predicted molar refractivity (Wildman–Crippen MR) is 125 cm³/mol. The minimum absolute atomic E-state index is 0.143. The van der Waals surface area contributed by atoms with Crippen LogP contribution in [0.3, 0.4) is 0 Å². The van der Waals surface area contributed by atoms with Gasteiger partial charge in [0.2, 0.25) is 5.88 Å². The van der Waals surface area contributed by atoms with Crippen molar-refractivity contribution in [2.24, 2.45) is 0 Å². The van der Waals surface area contributed by atoms with Crippen molar-refractivity contribution in [1.29, 1.82) is 0 Å². The Hall–Kier alpha value is -4.48. The summed E-state index contributed by atoms with van der Waals surface area (Å²) in [6.07, 6.45) is 7.44. The van der Waals surface area contributed by atoms with Crippen molar-refractivity contribution in [2.45, 2.75) is 0 Å². The Balaban J connectivity index is 1.58. The highest BCUT2D eigenvalue weighted by atomic mass is 32.2. The van der Waals surface area contributed by atoms with Gasteiger partial charge in [-0.2, -0.15) is 13.4 Å². The highest BCUT2D eigenvalue weighted by molar-refractivity contribution is 7.87. The molecular weight excluding hydrogens is 456 g/mol. The summed E-state index contributed by atoms with van der Waals surface area (Å²) < 4.78 is 40.9. The first kappa shape index (κ1) is 21.4. The van der Waals surface area contributed by atoms with Crippen LogP contribution in [0.4, 0.5) is 11.4 Å². The molecule has 0 aliphatic carbocycles. The van der Waals surface area contributed by atoms with E-state index in [0.29, 0.717) is 28.0 Å². The summed E-state index contributed by atoms with van der Waals surface area (Å²) >= 11 is 0. The Kier molecular flexibility index (Phi) is 5.54. The molecule has 0 saturated carbocycles. The molecule has 0 aliphatic rings. The molecule has 1 aromatic carbocycles. The van der Waals surface area contributed by atoms with Crippen LogP contribution in [-0.2, 0) is 10.3 Å². The average molecular weight is 472 g/mol. The fourth-order valence-corrected chi connectivity index (χ4v) is 4.08. The molecule has 11 heteroatoms. The van der Waals surface area contributed by atoms with Gasteiger partial charge in [0.15, 0.2) is 5.52 Å². The SMILES string of the molecule is O=S(=O)(O)N(c1ccccc1)c1cncc(-c2ccc3ncnc(Oc4cccnc4)c3n2)c1. The molecule has 0 aliphatic heterocycles. The lowest BCUT2D eigenvalue weighted by Crippen LogP contribution is -2.25. The predicted octanol–water partition coefficient (Wildman–Crippen LogP) is 4.22. The van der Waals surface area contributed by atoms with Gasteiger partial charge in [0, 0.05) is 18.0 Å². The van der Waals surface area contributed by atoms with E-state index in [4.69, 9.17) is 4.74 Å². The number of ether oxygens (including phenoxy) is 1. The first-order valence-electron chi connectivity index (χ1n) is 9.97. The van der Waals surface area contributed by atoms with E-state index in [0.717, 1.165) is 4.31 Å². The zero-order valence-corrected chi connectivity index (χ0v) is 18.2. The van der Waals surface area contributed by atoms with Gasteiger partial charge in [0.25, 0.3) is 0 Å². The number of hydrogen-bond acceptors (Lipinski definition) is 8. The van der Waals surface area contributed by atoms with E-state index in [1.54, 1.807) is 73.1 Å². The maximum absolute atomic E-state index is 12.2. The number of benzene rings is 1. The van der Waals surface area contributed by atoms with Crippen LogP contribution in [0.1, 0.15) is 0 Å². The molecule has 0 fully saturated rings. The molecule has 4 aromatic heterocycles. The summed E-state index contributed by atoms with van der Waals surface area (Å²) in [5.41, 5.74) is 2.37. The Morgan fingerprint density at radius 3 is 2.47 bits per heavy atom. The fraction of sp³-hybridized carbons (Fsp3) is 0. The van der Waals surface area contributed by atoms with Gasteiger partial charge in [-0.05, 0) is 42.5 Å². The van der Waals surface area contributed by atoms with E-state index in [9.17, 15) is 13.0 Å². The molecule has 1 N–H and O–H groups in total. The van der Waals surface area contributed by atoms with Crippen LogP contribution >= 0.6 is 0 Å². The highest BCUT2D eigenvalue weighted by Gasteiger charge is 2.23. The van der Waals surface area contributed by atoms with E-state index in [1.165, 1.54) is 18.7 Å². The van der Waals surface area contributed by atoms with Crippen molar-refractivity contribution in [3.8, 4) is 22.9 Å². The summed E-state index contributed by atoms with van der Waals surface area (Å²) in [7, 11) is -4.62. The van der Waals surface area contributed by atoms with Crippen LogP contribution in [0, 0.1) is 0 Å². The van der Waals surface area contributed by atoms with Gasteiger partial charge in [-0.25, -0.2) is 14.3 Å². The first-order valence-corrected chi connectivity index (χ1v) is 11.4. The maximum atomic E-state index is 12.2. The number of fused-ring (bicyclic) bond motifs is 1. The summed E-state index contributed by atoms with van der Waals surface area (Å²) in [6.45, 7) is 0. The Morgan fingerprint density at radius 1 is 0.853 bits per heavy atom. The highest BCUT2D eigenvalue weighted by Crippen LogP contribution is 2.32. The fourth-order valence-electron chi connectivity index (χ4n) is 3.33. The zero-order chi connectivity index (χ0) is 23.5. The van der Waals surface area contributed by atoms with Crippen LogP contribution in [0.25, 0.3) is 22.3 Å². The third kappa shape index (κ3) is 4.37. The first-order chi connectivity index (χ1) is 16.5. The summed E-state index contributed by atoms with van der Waals surface area (Å²) in [5.74, 6) is 0.734. The summed E-state index contributed by atoms with van der Waals surface area (Å²) in [4.78, 5) is 21.3. The van der Waals surface area contributed by atoms with Gasteiger partial charge >= 0.3 is 10.3 Å². The molecular formula is C23H16N6O4S. The van der Waals surface area contributed by atoms with Gasteiger partial charge in [-0.1, -0.05) is 18.2 Å². The van der Waals surface area contributed by atoms with Crippen molar-refractivity contribution in [3.63, 3.8) is 0 Å². The molecule has 5 aromatic rings. The van der Waals surface area contributed by atoms with Crippen LogP contribution in [0.15, 0.2) is 91.8 Å². The van der Waals surface area contributed by atoms with Crippen molar-refractivity contribution in [1.82, 2.24) is 24.9 Å². The molecule has 34 heavy (non-hydrogen) atoms. The lowest BCUT2D eigenvalue weighted by molar-refractivity contribution is 0.464. The molecule has 0 unspecified atom stereocenters. The Bertz CT molecular complexity index is 1570. The van der Waals surface area contributed by atoms with Gasteiger partial charge < -0.3 is 4.74 Å². The topological polar surface area (TPSA) is 131 Å². The van der Waals surface area contributed by atoms with Gasteiger partial charge in [-0.15, -0.1) is 0 Å². The monoisotopic (exact) mass is 472 g/mol. The molecule has 0 spiro atoms. The molecule has 0 saturated heterocycles. The Morgan fingerprint density at radius 2 is 1.71 bits per heavy atom. The zero-order valence-electron chi connectivity index (χ0n) is 17.4.